The lowest BCUT2D eigenvalue weighted by Crippen LogP contribution is -2.35. The van der Waals surface area contributed by atoms with Crippen molar-refractivity contribution >= 4 is 33.2 Å². The van der Waals surface area contributed by atoms with E-state index in [4.69, 9.17) is 0 Å². The van der Waals surface area contributed by atoms with Crippen LogP contribution in [-0.2, 0) is 11.3 Å². The van der Waals surface area contributed by atoms with E-state index in [-0.39, 0.29) is 5.91 Å². The van der Waals surface area contributed by atoms with Gasteiger partial charge in [-0.05, 0) is 39.4 Å². The van der Waals surface area contributed by atoms with Gasteiger partial charge < -0.3 is 10.6 Å². The molecule has 1 fully saturated rings. The summed E-state index contributed by atoms with van der Waals surface area (Å²) < 4.78 is 1.16. The number of thiophene rings is 1. The van der Waals surface area contributed by atoms with E-state index in [1.54, 1.807) is 11.3 Å². The van der Waals surface area contributed by atoms with E-state index in [9.17, 15) is 4.79 Å². The Kier molecular flexibility index (Phi) is 3.77. The molecular formula is C10H13BrN2OS. The Hall–Kier alpha value is -0.390. The molecule has 0 aliphatic carbocycles. The lowest BCUT2D eigenvalue weighted by Gasteiger charge is -2.10. The van der Waals surface area contributed by atoms with Crippen LogP contribution in [0.15, 0.2) is 15.2 Å². The zero-order chi connectivity index (χ0) is 10.7. The van der Waals surface area contributed by atoms with Crippen molar-refractivity contribution in [3.63, 3.8) is 0 Å². The van der Waals surface area contributed by atoms with Gasteiger partial charge in [0.2, 0.25) is 5.91 Å². The van der Waals surface area contributed by atoms with Gasteiger partial charge in [-0.1, -0.05) is 0 Å². The summed E-state index contributed by atoms with van der Waals surface area (Å²) in [7, 11) is 0. The lowest BCUT2D eigenvalue weighted by molar-refractivity contribution is -0.119. The molecule has 0 radical (unpaired) electrons. The number of hydrogen-bond donors (Lipinski definition) is 2. The van der Waals surface area contributed by atoms with Gasteiger partial charge in [0.15, 0.2) is 0 Å². The second-order valence-electron chi connectivity index (χ2n) is 3.69. The number of halogens is 1. The predicted molar refractivity (Wildman–Crippen MR) is 64.9 cm³/mol. The van der Waals surface area contributed by atoms with Crippen LogP contribution >= 0.6 is 27.3 Å². The zero-order valence-electron chi connectivity index (χ0n) is 8.25. The van der Waals surface area contributed by atoms with Crippen molar-refractivity contribution in [3.05, 3.63) is 20.8 Å². The molecule has 0 spiro atoms. The van der Waals surface area contributed by atoms with E-state index in [0.29, 0.717) is 12.5 Å². The van der Waals surface area contributed by atoms with E-state index >= 15 is 0 Å². The fourth-order valence-electron chi connectivity index (χ4n) is 1.66. The molecule has 0 saturated carbocycles. The van der Waals surface area contributed by atoms with Gasteiger partial charge in [0, 0.05) is 25.6 Å². The third kappa shape index (κ3) is 3.29. The van der Waals surface area contributed by atoms with Crippen LogP contribution in [0.4, 0.5) is 0 Å². The number of carbonyl (C=O) groups excluding carboxylic acids is 1. The summed E-state index contributed by atoms with van der Waals surface area (Å²) in [5.74, 6) is 0.181. The topological polar surface area (TPSA) is 41.1 Å². The summed E-state index contributed by atoms with van der Waals surface area (Å²) in [6.45, 7) is 1.73. The molecule has 1 aromatic rings. The molecular weight excluding hydrogens is 276 g/mol. The fourth-order valence-corrected chi connectivity index (χ4v) is 2.87. The largest absolute Gasteiger partial charge is 0.352 e. The Bertz CT molecular complexity index is 353. The minimum Gasteiger partial charge on any atom is -0.352 e. The van der Waals surface area contributed by atoms with Crippen LogP contribution in [0.25, 0.3) is 0 Å². The minimum absolute atomic E-state index is 0.181. The van der Waals surface area contributed by atoms with Crippen LogP contribution in [0.5, 0.6) is 0 Å². The number of carbonyl (C=O) groups is 1. The number of nitrogens with one attached hydrogen (secondary N) is 2. The Labute approximate surface area is 101 Å². The molecule has 1 unspecified atom stereocenters. The first-order valence-electron chi connectivity index (χ1n) is 4.97. The van der Waals surface area contributed by atoms with Gasteiger partial charge in [0.1, 0.15) is 0 Å². The van der Waals surface area contributed by atoms with Gasteiger partial charge in [-0.3, -0.25) is 4.79 Å². The Balaban J connectivity index is 1.69. The molecule has 15 heavy (non-hydrogen) atoms. The highest BCUT2D eigenvalue weighted by Gasteiger charge is 2.19. The highest BCUT2D eigenvalue weighted by atomic mass is 79.9. The molecule has 0 aromatic carbocycles. The van der Waals surface area contributed by atoms with Crippen LogP contribution in [0.3, 0.4) is 0 Å². The quantitative estimate of drug-likeness (QED) is 0.888. The predicted octanol–water partition coefficient (Wildman–Crippen LogP) is 1.88. The summed E-state index contributed by atoms with van der Waals surface area (Å²) in [5, 5.41) is 8.42. The summed E-state index contributed by atoms with van der Waals surface area (Å²) in [6.07, 6.45) is 1.63. The van der Waals surface area contributed by atoms with E-state index < -0.39 is 0 Å². The summed E-state index contributed by atoms with van der Waals surface area (Å²) in [6, 6.07) is 2.44. The van der Waals surface area contributed by atoms with E-state index in [1.165, 1.54) is 5.56 Å². The van der Waals surface area contributed by atoms with E-state index in [1.807, 2.05) is 0 Å². The molecule has 2 N–H and O–H groups in total. The van der Waals surface area contributed by atoms with Gasteiger partial charge in [-0.15, -0.1) is 11.3 Å². The second kappa shape index (κ2) is 5.09. The van der Waals surface area contributed by atoms with E-state index in [2.05, 4.69) is 38.0 Å². The van der Waals surface area contributed by atoms with Crippen molar-refractivity contribution in [2.45, 2.75) is 25.4 Å². The first-order chi connectivity index (χ1) is 7.24. The van der Waals surface area contributed by atoms with Crippen molar-refractivity contribution in [2.75, 3.05) is 6.54 Å². The number of amides is 1. The van der Waals surface area contributed by atoms with Crippen LogP contribution in [-0.4, -0.2) is 18.5 Å². The Morgan fingerprint density at radius 3 is 3.13 bits per heavy atom. The van der Waals surface area contributed by atoms with Crippen molar-refractivity contribution < 1.29 is 4.79 Å². The first kappa shape index (κ1) is 11.1. The van der Waals surface area contributed by atoms with Gasteiger partial charge in [-0.2, -0.15) is 0 Å². The third-order valence-electron chi connectivity index (χ3n) is 2.43. The standard InChI is InChI=1S/C10H13BrN2OS/c11-9-3-7(6-15-9)4-12-5-8-1-2-10(14)13-8/h3,6,8,12H,1-2,4-5H2,(H,13,14). The highest BCUT2D eigenvalue weighted by Crippen LogP contribution is 2.20. The first-order valence-corrected chi connectivity index (χ1v) is 6.64. The normalized spacial score (nSPS) is 20.6. The second-order valence-corrected chi connectivity index (χ2v) is 5.98. The summed E-state index contributed by atoms with van der Waals surface area (Å²) >= 11 is 5.13. The van der Waals surface area contributed by atoms with Crippen LogP contribution in [0.2, 0.25) is 0 Å². The maximum atomic E-state index is 10.9. The maximum absolute atomic E-state index is 10.9. The highest BCUT2D eigenvalue weighted by molar-refractivity contribution is 9.11. The molecule has 1 aliphatic rings. The molecule has 2 heterocycles. The minimum atomic E-state index is 0.181. The summed E-state index contributed by atoms with van der Waals surface area (Å²) in [4.78, 5) is 10.9. The Morgan fingerprint density at radius 2 is 2.53 bits per heavy atom. The smallest absolute Gasteiger partial charge is 0.220 e. The molecule has 3 nitrogen and oxygen atoms in total. The molecule has 0 bridgehead atoms. The lowest BCUT2D eigenvalue weighted by atomic mass is 10.2. The maximum Gasteiger partial charge on any atom is 0.220 e. The van der Waals surface area contributed by atoms with Crippen LogP contribution in [0.1, 0.15) is 18.4 Å². The average Bonchev–Trinajstić information content (AvgIpc) is 2.76. The van der Waals surface area contributed by atoms with Crippen molar-refractivity contribution in [1.82, 2.24) is 10.6 Å². The molecule has 1 amide bonds. The van der Waals surface area contributed by atoms with Gasteiger partial charge >= 0.3 is 0 Å². The fraction of sp³-hybridized carbons (Fsp3) is 0.500. The molecule has 5 heteroatoms. The molecule has 1 aromatic heterocycles. The van der Waals surface area contributed by atoms with Gasteiger partial charge in [0.25, 0.3) is 0 Å². The van der Waals surface area contributed by atoms with Crippen molar-refractivity contribution in [1.29, 1.82) is 0 Å². The monoisotopic (exact) mass is 288 g/mol. The molecule has 82 valence electrons. The number of hydrogen-bond acceptors (Lipinski definition) is 3. The van der Waals surface area contributed by atoms with Crippen molar-refractivity contribution in [2.24, 2.45) is 0 Å². The molecule has 2 rings (SSSR count). The van der Waals surface area contributed by atoms with E-state index in [0.717, 1.165) is 23.3 Å². The zero-order valence-corrected chi connectivity index (χ0v) is 10.7. The summed E-state index contributed by atoms with van der Waals surface area (Å²) in [5.41, 5.74) is 1.29. The molecule has 1 saturated heterocycles. The Morgan fingerprint density at radius 1 is 1.67 bits per heavy atom. The van der Waals surface area contributed by atoms with Gasteiger partial charge in [0.05, 0.1) is 3.79 Å². The SMILES string of the molecule is O=C1CCC(CNCc2csc(Br)c2)N1. The third-order valence-corrected chi connectivity index (χ3v) is 3.98. The molecule has 1 aliphatic heterocycles. The van der Waals surface area contributed by atoms with Crippen molar-refractivity contribution in [3.8, 4) is 0 Å². The molecule has 1 atom stereocenters. The van der Waals surface area contributed by atoms with Gasteiger partial charge in [-0.25, -0.2) is 0 Å². The average molecular weight is 289 g/mol. The number of rotatable bonds is 4. The van der Waals surface area contributed by atoms with Crippen LogP contribution in [0, 0.1) is 0 Å². The van der Waals surface area contributed by atoms with Crippen LogP contribution < -0.4 is 10.6 Å².